The Hall–Kier alpha value is -2.96. The number of amides is 1. The van der Waals surface area contributed by atoms with Crippen molar-refractivity contribution in [2.75, 3.05) is 20.2 Å². The third-order valence-corrected chi connectivity index (χ3v) is 4.81. The van der Waals surface area contributed by atoms with E-state index in [2.05, 4.69) is 10.2 Å². The minimum absolute atomic E-state index is 0.0876. The van der Waals surface area contributed by atoms with Gasteiger partial charge in [0, 0.05) is 25.2 Å². The van der Waals surface area contributed by atoms with Crippen LogP contribution in [0.15, 0.2) is 42.6 Å². The lowest BCUT2D eigenvalue weighted by atomic mass is 9.96. The van der Waals surface area contributed by atoms with Crippen LogP contribution in [0, 0.1) is 5.82 Å². The van der Waals surface area contributed by atoms with E-state index in [0.29, 0.717) is 18.8 Å². The Morgan fingerprint density at radius 3 is 3.00 bits per heavy atom. The summed E-state index contributed by atoms with van der Waals surface area (Å²) in [6.45, 7) is 1.15. The van der Waals surface area contributed by atoms with Crippen LogP contribution in [0.4, 0.5) is 4.39 Å². The van der Waals surface area contributed by atoms with Gasteiger partial charge in [-0.1, -0.05) is 6.07 Å². The molecule has 3 heterocycles. The number of methoxy groups -OCH3 is 1. The monoisotopic (exact) mass is 354 g/mol. The first-order chi connectivity index (χ1) is 12.7. The fourth-order valence-corrected chi connectivity index (χ4v) is 3.53. The molecule has 1 aliphatic rings. The van der Waals surface area contributed by atoms with Gasteiger partial charge in [0.05, 0.1) is 12.7 Å². The average Bonchev–Trinajstić information content (AvgIpc) is 3.11. The summed E-state index contributed by atoms with van der Waals surface area (Å²) in [5, 5.41) is 8.52. The van der Waals surface area contributed by atoms with Crippen molar-refractivity contribution < 1.29 is 13.9 Å². The van der Waals surface area contributed by atoms with E-state index in [1.807, 2.05) is 28.8 Å². The van der Waals surface area contributed by atoms with E-state index < -0.39 is 5.82 Å². The molecule has 6 nitrogen and oxygen atoms in total. The Morgan fingerprint density at radius 2 is 2.15 bits per heavy atom. The first kappa shape index (κ1) is 16.5. The third-order valence-electron chi connectivity index (χ3n) is 4.81. The van der Waals surface area contributed by atoms with Crippen molar-refractivity contribution in [1.29, 1.82) is 0 Å². The molecule has 134 valence electrons. The zero-order valence-electron chi connectivity index (χ0n) is 14.4. The Kier molecular flexibility index (Phi) is 4.28. The van der Waals surface area contributed by atoms with Gasteiger partial charge in [-0.05, 0) is 43.2 Å². The molecule has 2 aromatic heterocycles. The molecule has 1 unspecified atom stereocenters. The van der Waals surface area contributed by atoms with Crippen LogP contribution in [0.25, 0.3) is 5.65 Å². The van der Waals surface area contributed by atoms with Crippen LogP contribution in [0.2, 0.25) is 0 Å². The molecule has 1 aliphatic heterocycles. The van der Waals surface area contributed by atoms with Gasteiger partial charge in [0.2, 0.25) is 0 Å². The zero-order chi connectivity index (χ0) is 18.1. The molecule has 7 heteroatoms. The number of fused-ring (bicyclic) bond motifs is 1. The second-order valence-corrected chi connectivity index (χ2v) is 6.42. The fourth-order valence-electron chi connectivity index (χ4n) is 3.53. The number of halogens is 1. The van der Waals surface area contributed by atoms with E-state index >= 15 is 0 Å². The Morgan fingerprint density at radius 1 is 1.27 bits per heavy atom. The number of hydrogen-bond acceptors (Lipinski definition) is 4. The number of rotatable bonds is 3. The molecule has 0 aliphatic carbocycles. The van der Waals surface area contributed by atoms with E-state index in [4.69, 9.17) is 4.74 Å². The smallest absolute Gasteiger partial charge is 0.257 e. The predicted octanol–water partition coefficient (Wildman–Crippen LogP) is 2.90. The molecule has 0 saturated carbocycles. The molecule has 0 spiro atoms. The quantitative estimate of drug-likeness (QED) is 0.726. The van der Waals surface area contributed by atoms with Gasteiger partial charge < -0.3 is 9.64 Å². The second-order valence-electron chi connectivity index (χ2n) is 6.42. The van der Waals surface area contributed by atoms with Crippen molar-refractivity contribution in [2.24, 2.45) is 0 Å². The van der Waals surface area contributed by atoms with Gasteiger partial charge in [0.1, 0.15) is 17.4 Å². The number of likely N-dealkylation sites (tertiary alicyclic amines) is 1. The van der Waals surface area contributed by atoms with Crippen LogP contribution in [-0.2, 0) is 0 Å². The highest BCUT2D eigenvalue weighted by atomic mass is 19.1. The van der Waals surface area contributed by atoms with Gasteiger partial charge in [-0.2, -0.15) is 0 Å². The van der Waals surface area contributed by atoms with Gasteiger partial charge in [0.25, 0.3) is 5.91 Å². The summed E-state index contributed by atoms with van der Waals surface area (Å²) < 4.78 is 20.8. The molecule has 0 bridgehead atoms. The minimum atomic E-state index is -0.453. The Balaban J connectivity index is 1.61. The Labute approximate surface area is 150 Å². The van der Waals surface area contributed by atoms with Crippen molar-refractivity contribution in [1.82, 2.24) is 19.5 Å². The maximum absolute atomic E-state index is 13.6. The normalized spacial score (nSPS) is 17.5. The molecule has 1 saturated heterocycles. The summed E-state index contributed by atoms with van der Waals surface area (Å²) in [5.74, 6) is 0.645. The van der Waals surface area contributed by atoms with Crippen LogP contribution in [0.3, 0.4) is 0 Å². The van der Waals surface area contributed by atoms with Gasteiger partial charge in [-0.3, -0.25) is 9.20 Å². The first-order valence-electron chi connectivity index (χ1n) is 8.60. The van der Waals surface area contributed by atoms with E-state index in [1.54, 1.807) is 4.90 Å². The van der Waals surface area contributed by atoms with E-state index in [9.17, 15) is 9.18 Å². The first-order valence-corrected chi connectivity index (χ1v) is 8.60. The predicted molar refractivity (Wildman–Crippen MR) is 93.8 cm³/mol. The number of hydrogen-bond donors (Lipinski definition) is 0. The summed E-state index contributed by atoms with van der Waals surface area (Å²) in [6.07, 6.45) is 3.72. The largest absolute Gasteiger partial charge is 0.496 e. The maximum atomic E-state index is 13.6. The number of carbonyl (C=O) groups is 1. The summed E-state index contributed by atoms with van der Waals surface area (Å²) >= 11 is 0. The molecule has 3 aromatic rings. The van der Waals surface area contributed by atoms with Gasteiger partial charge >= 0.3 is 0 Å². The third kappa shape index (κ3) is 2.89. The minimum Gasteiger partial charge on any atom is -0.496 e. The molecule has 0 radical (unpaired) electrons. The summed E-state index contributed by atoms with van der Waals surface area (Å²) in [7, 11) is 1.48. The molecule has 1 fully saturated rings. The zero-order valence-corrected chi connectivity index (χ0v) is 14.4. The molecular formula is C19H19FN4O2. The molecule has 1 aromatic carbocycles. The lowest BCUT2D eigenvalue weighted by molar-refractivity contribution is 0.0700. The van der Waals surface area contributed by atoms with Crippen molar-refractivity contribution in [3.05, 3.63) is 59.8 Å². The number of carbonyl (C=O) groups excluding carboxylic acids is 1. The van der Waals surface area contributed by atoms with Crippen molar-refractivity contribution in [3.8, 4) is 5.75 Å². The SMILES string of the molecule is COc1ccc(F)cc1C(=O)N1CCCC(c2nnc3ccccn23)C1. The van der Waals surface area contributed by atoms with Crippen LogP contribution >= 0.6 is 0 Å². The summed E-state index contributed by atoms with van der Waals surface area (Å²) in [6, 6.07) is 9.76. The summed E-state index contributed by atoms with van der Waals surface area (Å²) in [4.78, 5) is 14.7. The highest BCUT2D eigenvalue weighted by Gasteiger charge is 2.29. The molecule has 4 rings (SSSR count). The second kappa shape index (κ2) is 6.74. The average molecular weight is 354 g/mol. The number of pyridine rings is 1. The van der Waals surface area contributed by atoms with Crippen LogP contribution in [0.1, 0.15) is 34.9 Å². The van der Waals surface area contributed by atoms with Gasteiger partial charge in [-0.25, -0.2) is 4.39 Å². The lowest BCUT2D eigenvalue weighted by Gasteiger charge is -2.32. The van der Waals surface area contributed by atoms with Gasteiger partial charge in [0.15, 0.2) is 5.65 Å². The Bertz CT molecular complexity index is 956. The lowest BCUT2D eigenvalue weighted by Crippen LogP contribution is -2.39. The van der Waals surface area contributed by atoms with Crippen molar-refractivity contribution in [2.45, 2.75) is 18.8 Å². The highest BCUT2D eigenvalue weighted by molar-refractivity contribution is 5.97. The maximum Gasteiger partial charge on any atom is 0.257 e. The number of aromatic nitrogens is 3. The van der Waals surface area contributed by atoms with Gasteiger partial charge in [-0.15, -0.1) is 10.2 Å². The molecule has 26 heavy (non-hydrogen) atoms. The number of nitrogens with zero attached hydrogens (tertiary/aromatic N) is 4. The van der Waals surface area contributed by atoms with E-state index in [0.717, 1.165) is 24.3 Å². The standard InChI is InChI=1S/C19H19FN4O2/c1-26-16-8-7-14(20)11-15(16)19(25)23-9-4-5-13(12-23)18-22-21-17-6-2-3-10-24(17)18/h2-3,6-8,10-11,13H,4-5,9,12H2,1H3. The van der Waals surface area contributed by atoms with E-state index in [-0.39, 0.29) is 17.4 Å². The van der Waals surface area contributed by atoms with Crippen molar-refractivity contribution >= 4 is 11.6 Å². The molecule has 1 amide bonds. The molecular weight excluding hydrogens is 335 g/mol. The number of benzene rings is 1. The van der Waals surface area contributed by atoms with Crippen molar-refractivity contribution in [3.63, 3.8) is 0 Å². The van der Waals surface area contributed by atoms with Crippen LogP contribution < -0.4 is 4.74 Å². The highest BCUT2D eigenvalue weighted by Crippen LogP contribution is 2.29. The molecule has 0 N–H and O–H groups in total. The molecule has 1 atom stereocenters. The van der Waals surface area contributed by atoms with E-state index in [1.165, 1.54) is 25.3 Å². The number of piperidine rings is 1. The van der Waals surface area contributed by atoms with Crippen LogP contribution in [-0.4, -0.2) is 45.6 Å². The fraction of sp³-hybridized carbons (Fsp3) is 0.316. The van der Waals surface area contributed by atoms with Crippen LogP contribution in [0.5, 0.6) is 5.75 Å². The number of ether oxygens (including phenoxy) is 1. The topological polar surface area (TPSA) is 59.7 Å². The summed E-state index contributed by atoms with van der Waals surface area (Å²) in [5.41, 5.74) is 1.04.